The molecule has 0 radical (unpaired) electrons. The molecule has 0 unspecified atom stereocenters. The minimum absolute atomic E-state index is 0.0452. The lowest BCUT2D eigenvalue weighted by molar-refractivity contribution is -0.120. The highest BCUT2D eigenvalue weighted by Gasteiger charge is 2.05. The maximum absolute atomic E-state index is 11.4. The Bertz CT molecular complexity index is 480. The van der Waals surface area contributed by atoms with Crippen LogP contribution in [-0.4, -0.2) is 26.6 Å². The first-order chi connectivity index (χ1) is 7.87. The first-order valence-corrected chi connectivity index (χ1v) is 6.91. The number of nitrogens with one attached hydrogen (secondary N) is 1. The fourth-order valence-electron chi connectivity index (χ4n) is 1.29. The minimum Gasteiger partial charge on any atom is -0.355 e. The van der Waals surface area contributed by atoms with Crippen LogP contribution < -0.4 is 10.5 Å². The molecule has 1 amide bonds. The highest BCUT2D eigenvalue weighted by molar-refractivity contribution is 7.89. The van der Waals surface area contributed by atoms with Crippen molar-refractivity contribution in [1.29, 1.82) is 0 Å². The van der Waals surface area contributed by atoms with Crippen LogP contribution in [0.4, 0.5) is 0 Å². The summed E-state index contributed by atoms with van der Waals surface area (Å²) in [6.07, 6.45) is 0.241. The zero-order chi connectivity index (χ0) is 12.9. The second kappa shape index (κ2) is 5.79. The van der Waals surface area contributed by atoms with Crippen LogP contribution >= 0.6 is 0 Å². The van der Waals surface area contributed by atoms with Crippen molar-refractivity contribution in [2.75, 3.05) is 12.3 Å². The summed E-state index contributed by atoms with van der Waals surface area (Å²) < 4.78 is 21.3. The van der Waals surface area contributed by atoms with Crippen LogP contribution in [0, 0.1) is 6.92 Å². The number of hydrogen-bond donors (Lipinski definition) is 2. The van der Waals surface area contributed by atoms with Crippen LogP contribution in [0.5, 0.6) is 0 Å². The van der Waals surface area contributed by atoms with E-state index in [1.807, 2.05) is 31.2 Å². The van der Waals surface area contributed by atoms with Gasteiger partial charge in [-0.1, -0.05) is 29.8 Å². The van der Waals surface area contributed by atoms with E-state index in [2.05, 4.69) is 5.32 Å². The molecule has 94 valence electrons. The SMILES string of the molecule is Cc1ccc(CC(=O)NCCS(N)(=O)=O)cc1. The van der Waals surface area contributed by atoms with Gasteiger partial charge in [0.2, 0.25) is 15.9 Å². The van der Waals surface area contributed by atoms with Crippen LogP contribution in [0.2, 0.25) is 0 Å². The average molecular weight is 256 g/mol. The summed E-state index contributed by atoms with van der Waals surface area (Å²) in [6, 6.07) is 7.59. The van der Waals surface area contributed by atoms with E-state index in [0.29, 0.717) is 0 Å². The molecule has 1 aromatic rings. The maximum atomic E-state index is 11.4. The summed E-state index contributed by atoms with van der Waals surface area (Å²) in [5.41, 5.74) is 2.02. The van der Waals surface area contributed by atoms with Gasteiger partial charge in [0.1, 0.15) is 0 Å². The van der Waals surface area contributed by atoms with E-state index in [9.17, 15) is 13.2 Å². The van der Waals surface area contributed by atoms with Crippen LogP contribution in [0.1, 0.15) is 11.1 Å². The van der Waals surface area contributed by atoms with E-state index in [-0.39, 0.29) is 24.6 Å². The minimum atomic E-state index is -3.51. The van der Waals surface area contributed by atoms with Crippen molar-refractivity contribution < 1.29 is 13.2 Å². The molecule has 0 fully saturated rings. The molecule has 0 saturated carbocycles. The van der Waals surface area contributed by atoms with Gasteiger partial charge in [-0.05, 0) is 12.5 Å². The van der Waals surface area contributed by atoms with E-state index < -0.39 is 10.0 Å². The molecule has 17 heavy (non-hydrogen) atoms. The number of nitrogens with two attached hydrogens (primary N) is 1. The number of amides is 1. The molecule has 3 N–H and O–H groups in total. The third-order valence-corrected chi connectivity index (χ3v) is 2.97. The number of primary sulfonamides is 1. The number of carbonyl (C=O) groups is 1. The van der Waals surface area contributed by atoms with E-state index in [4.69, 9.17) is 5.14 Å². The molecule has 0 atom stereocenters. The van der Waals surface area contributed by atoms with Crippen molar-refractivity contribution in [2.45, 2.75) is 13.3 Å². The van der Waals surface area contributed by atoms with Gasteiger partial charge in [-0.2, -0.15) is 0 Å². The van der Waals surface area contributed by atoms with Gasteiger partial charge in [0, 0.05) is 6.54 Å². The molecule has 1 rings (SSSR count). The molecule has 1 aromatic carbocycles. The van der Waals surface area contributed by atoms with Crippen LogP contribution in [-0.2, 0) is 21.2 Å². The largest absolute Gasteiger partial charge is 0.355 e. The second-order valence-corrected chi connectivity index (χ2v) is 5.61. The van der Waals surface area contributed by atoms with Gasteiger partial charge in [0.05, 0.1) is 12.2 Å². The van der Waals surface area contributed by atoms with Gasteiger partial charge >= 0.3 is 0 Å². The van der Waals surface area contributed by atoms with Gasteiger partial charge in [-0.15, -0.1) is 0 Å². The molecule has 0 aromatic heterocycles. The van der Waals surface area contributed by atoms with E-state index in [1.165, 1.54) is 0 Å². The van der Waals surface area contributed by atoms with Crippen LogP contribution in [0.15, 0.2) is 24.3 Å². The quantitative estimate of drug-likeness (QED) is 0.773. The molecular formula is C11H16N2O3S. The summed E-state index contributed by atoms with van der Waals surface area (Å²) in [5.74, 6) is -0.454. The number of benzene rings is 1. The summed E-state index contributed by atoms with van der Waals surface area (Å²) in [7, 11) is -3.51. The lowest BCUT2D eigenvalue weighted by Crippen LogP contribution is -2.32. The van der Waals surface area contributed by atoms with Crippen LogP contribution in [0.25, 0.3) is 0 Å². The molecule has 0 aliphatic rings. The molecule has 0 heterocycles. The van der Waals surface area contributed by atoms with Crippen molar-refractivity contribution in [3.63, 3.8) is 0 Å². The Morgan fingerprint density at radius 3 is 2.41 bits per heavy atom. The molecule has 0 spiro atoms. The first-order valence-electron chi connectivity index (χ1n) is 5.19. The Morgan fingerprint density at radius 2 is 1.88 bits per heavy atom. The first kappa shape index (κ1) is 13.7. The molecular weight excluding hydrogens is 240 g/mol. The van der Waals surface area contributed by atoms with E-state index in [1.54, 1.807) is 0 Å². The summed E-state index contributed by atoms with van der Waals surface area (Å²) >= 11 is 0. The zero-order valence-corrected chi connectivity index (χ0v) is 10.5. The van der Waals surface area contributed by atoms with Crippen molar-refractivity contribution in [2.24, 2.45) is 5.14 Å². The lowest BCUT2D eigenvalue weighted by atomic mass is 10.1. The topological polar surface area (TPSA) is 89.3 Å². The Hall–Kier alpha value is -1.40. The van der Waals surface area contributed by atoms with Gasteiger partial charge in [-0.3, -0.25) is 4.79 Å². The third kappa shape index (κ3) is 6.03. The van der Waals surface area contributed by atoms with Crippen LogP contribution in [0.3, 0.4) is 0 Å². The summed E-state index contributed by atoms with van der Waals surface area (Å²) in [6.45, 7) is 2.01. The Balaban J connectivity index is 2.37. The standard InChI is InChI=1S/C11H16N2O3S/c1-9-2-4-10(5-3-9)8-11(14)13-6-7-17(12,15)16/h2-5H,6-8H2,1H3,(H,13,14)(H2,12,15,16). The van der Waals surface area contributed by atoms with Gasteiger partial charge < -0.3 is 5.32 Å². The Morgan fingerprint density at radius 1 is 1.29 bits per heavy atom. The summed E-state index contributed by atoms with van der Waals surface area (Å²) in [5, 5.41) is 7.32. The number of rotatable bonds is 5. The zero-order valence-electron chi connectivity index (χ0n) is 9.64. The summed E-state index contributed by atoms with van der Waals surface area (Å²) in [4.78, 5) is 11.4. The third-order valence-electron chi connectivity index (χ3n) is 2.19. The highest BCUT2D eigenvalue weighted by Crippen LogP contribution is 2.03. The Labute approximate surface area is 101 Å². The van der Waals surface area contributed by atoms with Crippen molar-refractivity contribution in [1.82, 2.24) is 5.32 Å². The average Bonchev–Trinajstić information content (AvgIpc) is 2.19. The maximum Gasteiger partial charge on any atom is 0.224 e. The molecule has 0 aliphatic carbocycles. The predicted octanol–water partition coefficient (Wildman–Crippen LogP) is -0.0578. The fourth-order valence-corrected chi connectivity index (χ4v) is 1.67. The molecule has 5 nitrogen and oxygen atoms in total. The number of carbonyl (C=O) groups excluding carboxylic acids is 1. The van der Waals surface area contributed by atoms with E-state index >= 15 is 0 Å². The predicted molar refractivity (Wildman–Crippen MR) is 65.9 cm³/mol. The van der Waals surface area contributed by atoms with Gasteiger partial charge in [-0.25, -0.2) is 13.6 Å². The number of aryl methyl sites for hydroxylation is 1. The molecule has 0 aliphatic heterocycles. The van der Waals surface area contributed by atoms with E-state index in [0.717, 1.165) is 11.1 Å². The highest BCUT2D eigenvalue weighted by atomic mass is 32.2. The van der Waals surface area contributed by atoms with Crippen molar-refractivity contribution in [3.05, 3.63) is 35.4 Å². The van der Waals surface area contributed by atoms with Crippen molar-refractivity contribution in [3.8, 4) is 0 Å². The smallest absolute Gasteiger partial charge is 0.224 e. The molecule has 0 bridgehead atoms. The number of hydrogen-bond acceptors (Lipinski definition) is 3. The van der Waals surface area contributed by atoms with Crippen molar-refractivity contribution >= 4 is 15.9 Å². The Kier molecular flexibility index (Phi) is 4.65. The fraction of sp³-hybridized carbons (Fsp3) is 0.364. The molecule has 0 saturated heterocycles. The second-order valence-electron chi connectivity index (χ2n) is 3.88. The van der Waals surface area contributed by atoms with Gasteiger partial charge in [0.15, 0.2) is 0 Å². The number of sulfonamides is 1. The normalized spacial score (nSPS) is 11.2. The monoisotopic (exact) mass is 256 g/mol. The molecule has 6 heteroatoms. The lowest BCUT2D eigenvalue weighted by Gasteiger charge is -2.04. The van der Waals surface area contributed by atoms with Gasteiger partial charge in [0.25, 0.3) is 0 Å².